The summed E-state index contributed by atoms with van der Waals surface area (Å²) in [6.45, 7) is 5.97. The number of anilines is 2. The fourth-order valence-electron chi connectivity index (χ4n) is 6.23. The zero-order valence-corrected chi connectivity index (χ0v) is 25.4. The number of fused-ring (bicyclic) bond motifs is 1. The molecule has 2 aromatic carbocycles. The van der Waals surface area contributed by atoms with E-state index < -0.39 is 23.5 Å². The predicted molar refractivity (Wildman–Crippen MR) is 159 cm³/mol. The van der Waals surface area contributed by atoms with Gasteiger partial charge in [0.2, 0.25) is 0 Å². The van der Waals surface area contributed by atoms with Crippen molar-refractivity contribution in [2.45, 2.75) is 84.2 Å². The lowest BCUT2D eigenvalue weighted by atomic mass is 10.00. The third-order valence-electron chi connectivity index (χ3n) is 8.28. The summed E-state index contributed by atoms with van der Waals surface area (Å²) in [5.41, 5.74) is 2.89. The van der Waals surface area contributed by atoms with E-state index in [0.717, 1.165) is 61.4 Å². The van der Waals surface area contributed by atoms with Gasteiger partial charge in [0.05, 0.1) is 16.8 Å². The smallest absolute Gasteiger partial charge is 0.371 e. The predicted octanol–water partition coefficient (Wildman–Crippen LogP) is 9.62. The number of hydrogen-bond donors (Lipinski definition) is 0. The van der Waals surface area contributed by atoms with Crippen LogP contribution < -0.4 is 9.80 Å². The third-order valence-corrected chi connectivity index (χ3v) is 9.22. The molecule has 3 nitrogen and oxygen atoms in total. The van der Waals surface area contributed by atoms with Crippen molar-refractivity contribution in [1.29, 1.82) is 0 Å². The molecule has 1 aromatic heterocycles. The first-order valence-corrected chi connectivity index (χ1v) is 15.0. The first kappa shape index (κ1) is 32.5. The Bertz CT molecular complexity index is 1330. The molecule has 42 heavy (non-hydrogen) atoms. The summed E-state index contributed by atoms with van der Waals surface area (Å²) >= 11 is 1.21. The summed E-state index contributed by atoms with van der Waals surface area (Å²) in [7, 11) is 0. The second kappa shape index (κ2) is 13.0. The largest absolute Gasteiger partial charge is 0.416 e. The van der Waals surface area contributed by atoms with Gasteiger partial charge in [0.25, 0.3) is 0 Å². The van der Waals surface area contributed by atoms with Gasteiger partial charge >= 0.3 is 12.4 Å². The van der Waals surface area contributed by atoms with Crippen LogP contribution in [0.3, 0.4) is 0 Å². The van der Waals surface area contributed by atoms with E-state index in [-0.39, 0.29) is 30.6 Å². The maximum Gasteiger partial charge on any atom is 0.416 e. The maximum atomic E-state index is 13.6. The molecule has 0 atom stereocenters. The van der Waals surface area contributed by atoms with Gasteiger partial charge < -0.3 is 9.80 Å². The highest BCUT2D eigenvalue weighted by molar-refractivity contribution is 7.10. The summed E-state index contributed by atoms with van der Waals surface area (Å²) < 4.78 is 86.1. The Hall–Kier alpha value is -2.46. The minimum absolute atomic E-state index is 0. The van der Waals surface area contributed by atoms with Crippen molar-refractivity contribution in [2.24, 2.45) is 5.92 Å². The van der Waals surface area contributed by atoms with E-state index in [0.29, 0.717) is 17.5 Å². The van der Waals surface area contributed by atoms with Gasteiger partial charge in [-0.3, -0.25) is 0 Å². The number of halogens is 7. The molecular formula is C31H36ClF6N3S. The second-order valence-electron chi connectivity index (χ2n) is 11.4. The Morgan fingerprint density at radius 2 is 1.43 bits per heavy atom. The van der Waals surface area contributed by atoms with Crippen LogP contribution in [0.4, 0.5) is 37.0 Å². The first-order valence-electron chi connectivity index (χ1n) is 14.3. The Kier molecular flexibility index (Phi) is 10.1. The van der Waals surface area contributed by atoms with Crippen molar-refractivity contribution < 1.29 is 26.3 Å². The summed E-state index contributed by atoms with van der Waals surface area (Å²) in [5.74, 6) is 0.627. The highest BCUT2D eigenvalue weighted by Gasteiger charge is 2.37. The molecule has 0 saturated heterocycles. The minimum Gasteiger partial charge on any atom is -0.371 e. The van der Waals surface area contributed by atoms with Crippen LogP contribution in [-0.2, 0) is 38.3 Å². The number of alkyl halides is 6. The summed E-state index contributed by atoms with van der Waals surface area (Å²) in [6, 6.07) is 8.18. The van der Waals surface area contributed by atoms with Gasteiger partial charge in [-0.05, 0) is 116 Å². The van der Waals surface area contributed by atoms with Crippen molar-refractivity contribution in [3.8, 4) is 0 Å². The molecule has 0 unspecified atom stereocenters. The highest BCUT2D eigenvalue weighted by Crippen LogP contribution is 2.39. The van der Waals surface area contributed by atoms with E-state index in [2.05, 4.69) is 28.3 Å². The van der Waals surface area contributed by atoms with Crippen molar-refractivity contribution >= 4 is 34.6 Å². The number of hydrogen-bond acceptors (Lipinski definition) is 4. The van der Waals surface area contributed by atoms with Crippen LogP contribution in [0.25, 0.3) is 0 Å². The number of nitrogens with zero attached hydrogens (tertiary/aromatic N) is 3. The molecule has 1 saturated carbocycles. The Labute approximate surface area is 253 Å². The lowest BCUT2D eigenvalue weighted by molar-refractivity contribution is -0.143. The Morgan fingerprint density at radius 3 is 1.98 bits per heavy atom. The van der Waals surface area contributed by atoms with Gasteiger partial charge in [-0.1, -0.05) is 18.9 Å². The van der Waals surface area contributed by atoms with Gasteiger partial charge in [0, 0.05) is 31.9 Å². The van der Waals surface area contributed by atoms with Crippen LogP contribution in [0.1, 0.15) is 78.1 Å². The summed E-state index contributed by atoms with van der Waals surface area (Å²) in [4.78, 5) is 4.27. The topological polar surface area (TPSA) is 19.4 Å². The summed E-state index contributed by atoms with van der Waals surface area (Å²) in [5, 5.41) is 0.707. The molecule has 2 aliphatic carbocycles. The SMILES string of the molecule is CCN(CC1CCCC1)c1cc2c(cc1CN(Cc1cc(C(F)(F)F)cc(C(F)(F)F)c1)c1cc(C)ns1)CCC2.Cl. The van der Waals surface area contributed by atoms with E-state index in [9.17, 15) is 26.3 Å². The second-order valence-corrected chi connectivity index (χ2v) is 12.2. The maximum absolute atomic E-state index is 13.6. The Balaban J connectivity index is 0.00000405. The van der Waals surface area contributed by atoms with Gasteiger partial charge in [0.1, 0.15) is 5.00 Å². The van der Waals surface area contributed by atoms with Crippen molar-refractivity contribution in [3.63, 3.8) is 0 Å². The van der Waals surface area contributed by atoms with E-state index >= 15 is 0 Å². The standard InChI is InChI=1S/C31H35F6N3S.ClH/c1-3-39(17-21-7-4-5-8-21)28-15-24-10-6-9-23(24)14-25(28)19-40(29-11-20(2)38-41-29)18-22-12-26(30(32,33)34)16-27(13-22)31(35,36)37;/h11-16,21H,3-10,17-19H2,1-2H3;1H. The molecule has 1 heterocycles. The minimum atomic E-state index is -4.89. The van der Waals surface area contributed by atoms with Gasteiger partial charge in [-0.2, -0.15) is 30.7 Å². The number of rotatable bonds is 9. The van der Waals surface area contributed by atoms with Crippen molar-refractivity contribution in [3.05, 3.63) is 75.5 Å². The van der Waals surface area contributed by atoms with Crippen LogP contribution in [0.15, 0.2) is 36.4 Å². The van der Waals surface area contributed by atoms with Crippen LogP contribution in [-0.4, -0.2) is 17.5 Å². The molecule has 0 amide bonds. The lowest BCUT2D eigenvalue weighted by Crippen LogP contribution is -2.31. The molecule has 0 aliphatic heterocycles. The van der Waals surface area contributed by atoms with Gasteiger partial charge in [0.15, 0.2) is 0 Å². The molecule has 0 spiro atoms. The van der Waals surface area contributed by atoms with E-state index in [1.807, 2.05) is 17.9 Å². The van der Waals surface area contributed by atoms with E-state index in [1.54, 1.807) is 0 Å². The molecular weight excluding hydrogens is 596 g/mol. The quantitative estimate of drug-likeness (QED) is 0.219. The number of aromatic nitrogens is 1. The van der Waals surface area contributed by atoms with Crippen LogP contribution >= 0.6 is 23.9 Å². The molecule has 1 fully saturated rings. The zero-order valence-electron chi connectivity index (χ0n) is 23.7. The molecule has 11 heteroatoms. The van der Waals surface area contributed by atoms with Gasteiger partial charge in [-0.25, -0.2) is 0 Å². The van der Waals surface area contributed by atoms with Crippen molar-refractivity contribution in [2.75, 3.05) is 22.9 Å². The van der Waals surface area contributed by atoms with Crippen LogP contribution in [0.2, 0.25) is 0 Å². The molecule has 230 valence electrons. The molecule has 5 rings (SSSR count). The molecule has 0 radical (unpaired) electrons. The van der Waals surface area contributed by atoms with E-state index in [4.69, 9.17) is 0 Å². The number of aryl methyl sites for hydroxylation is 3. The first-order chi connectivity index (χ1) is 19.4. The monoisotopic (exact) mass is 631 g/mol. The van der Waals surface area contributed by atoms with Gasteiger partial charge in [-0.15, -0.1) is 12.4 Å². The molecule has 2 aliphatic rings. The third kappa shape index (κ3) is 7.54. The zero-order chi connectivity index (χ0) is 29.4. The molecule has 0 bridgehead atoms. The lowest BCUT2D eigenvalue weighted by Gasteiger charge is -2.32. The fourth-order valence-corrected chi connectivity index (χ4v) is 6.99. The fraction of sp³-hybridized carbons (Fsp3) is 0.516. The normalized spacial score (nSPS) is 15.5. The average Bonchev–Trinajstić information content (AvgIpc) is 3.67. The average molecular weight is 632 g/mol. The summed E-state index contributed by atoms with van der Waals surface area (Å²) in [6.07, 6.45) is -1.81. The number of benzene rings is 2. The van der Waals surface area contributed by atoms with E-state index in [1.165, 1.54) is 48.3 Å². The molecule has 3 aromatic rings. The van der Waals surface area contributed by atoms with Crippen LogP contribution in [0.5, 0.6) is 0 Å². The highest BCUT2D eigenvalue weighted by atomic mass is 35.5. The molecule has 0 N–H and O–H groups in total. The van der Waals surface area contributed by atoms with Crippen LogP contribution in [0, 0.1) is 12.8 Å². The van der Waals surface area contributed by atoms with Crippen molar-refractivity contribution in [1.82, 2.24) is 4.37 Å². The Morgan fingerprint density at radius 1 is 0.810 bits per heavy atom.